The van der Waals surface area contributed by atoms with E-state index in [0.717, 1.165) is 68.7 Å². The number of amides is 1. The van der Waals surface area contributed by atoms with Crippen LogP contribution in [0.3, 0.4) is 0 Å². The lowest BCUT2D eigenvalue weighted by atomic mass is 10.1. The molecule has 37 heavy (non-hydrogen) atoms. The minimum atomic E-state index is 0.0591. The maximum atomic E-state index is 13.0. The molecule has 1 aliphatic carbocycles. The Kier molecular flexibility index (Phi) is 6.66. The fourth-order valence-corrected chi connectivity index (χ4v) is 5.93. The van der Waals surface area contributed by atoms with Gasteiger partial charge in [-0.1, -0.05) is 0 Å². The maximum absolute atomic E-state index is 13.0. The highest BCUT2D eigenvalue weighted by Gasteiger charge is 2.41. The van der Waals surface area contributed by atoms with E-state index >= 15 is 0 Å². The molecule has 11 nitrogen and oxygen atoms in total. The van der Waals surface area contributed by atoms with Gasteiger partial charge in [0.1, 0.15) is 17.2 Å². The van der Waals surface area contributed by atoms with E-state index in [4.69, 9.17) is 14.8 Å². The molecule has 0 spiro atoms. The number of aliphatic hydroxyl groups is 1. The highest BCUT2D eigenvalue weighted by Crippen LogP contribution is 2.41. The van der Waals surface area contributed by atoms with Crippen LogP contribution in [-0.4, -0.2) is 106 Å². The number of nitrogens with one attached hydrogen (secondary N) is 1. The molecule has 2 atom stereocenters. The molecule has 3 aromatic rings. The highest BCUT2D eigenvalue weighted by atomic mass is 16.5. The molecular formula is C26H34N8O3. The number of carbonyl (C=O) groups is 1. The van der Waals surface area contributed by atoms with Gasteiger partial charge in [-0.25, -0.2) is 9.97 Å². The standard InChI is InChI=1S/C26H34N8O3/c1-31-20-3-2-4-21(20)34-22(25(31)36)15-18-16-28-26(30-24(18)34)29-23-6-5-19(17-27-23)33-9-7-32(8-10-33)11-13-37-14-12-35/h5-6,15-17,20-21,35H,2-4,7-14H2,1H3,(H,27,28,29,30). The van der Waals surface area contributed by atoms with Crippen LogP contribution in [0.5, 0.6) is 0 Å². The van der Waals surface area contributed by atoms with E-state index in [1.165, 1.54) is 0 Å². The number of piperazine rings is 1. The van der Waals surface area contributed by atoms with Crippen LogP contribution in [0, 0.1) is 0 Å². The lowest BCUT2D eigenvalue weighted by Gasteiger charge is -2.36. The maximum Gasteiger partial charge on any atom is 0.270 e. The number of nitrogens with zero attached hydrogens (tertiary/aromatic N) is 7. The molecule has 0 aromatic carbocycles. The second-order valence-electron chi connectivity index (χ2n) is 10.0. The van der Waals surface area contributed by atoms with Gasteiger partial charge in [-0.3, -0.25) is 9.69 Å². The van der Waals surface area contributed by atoms with E-state index in [9.17, 15) is 4.79 Å². The van der Waals surface area contributed by atoms with Gasteiger partial charge in [-0.15, -0.1) is 0 Å². The Labute approximate surface area is 216 Å². The lowest BCUT2D eigenvalue weighted by Crippen LogP contribution is -2.47. The molecule has 1 saturated heterocycles. The van der Waals surface area contributed by atoms with Crippen molar-refractivity contribution in [1.29, 1.82) is 0 Å². The van der Waals surface area contributed by atoms with Gasteiger partial charge in [0.05, 0.1) is 43.8 Å². The van der Waals surface area contributed by atoms with Gasteiger partial charge < -0.3 is 29.5 Å². The van der Waals surface area contributed by atoms with Crippen molar-refractivity contribution in [2.45, 2.75) is 31.3 Å². The SMILES string of the molecule is CN1C(=O)c2cc3cnc(Nc4ccc(N5CCN(CCOCCO)CC5)cn4)nc3n2C2CCCC21. The second kappa shape index (κ2) is 10.2. The quantitative estimate of drug-likeness (QED) is 0.442. The lowest BCUT2D eigenvalue weighted by molar-refractivity contribution is 0.0632. The fraction of sp³-hybridized carbons (Fsp3) is 0.538. The summed E-state index contributed by atoms with van der Waals surface area (Å²) in [7, 11) is 1.91. The van der Waals surface area contributed by atoms with Crippen molar-refractivity contribution >= 4 is 34.4 Å². The molecule has 2 N–H and O–H groups in total. The number of anilines is 3. The number of pyridine rings is 1. The van der Waals surface area contributed by atoms with E-state index in [1.807, 2.05) is 30.3 Å². The minimum absolute atomic E-state index is 0.0591. The predicted octanol–water partition coefficient (Wildman–Crippen LogP) is 1.88. The van der Waals surface area contributed by atoms with Crippen molar-refractivity contribution < 1.29 is 14.6 Å². The minimum Gasteiger partial charge on any atom is -0.394 e. The van der Waals surface area contributed by atoms with Gasteiger partial charge in [0.2, 0.25) is 5.95 Å². The Morgan fingerprint density at radius 1 is 1.08 bits per heavy atom. The number of ether oxygens (including phenoxy) is 1. The van der Waals surface area contributed by atoms with Gasteiger partial charge in [0.15, 0.2) is 0 Å². The molecule has 0 radical (unpaired) electrons. The van der Waals surface area contributed by atoms with Gasteiger partial charge in [0.25, 0.3) is 5.91 Å². The highest BCUT2D eigenvalue weighted by molar-refractivity contribution is 5.99. The number of likely N-dealkylation sites (N-methyl/N-ethyl adjacent to an activating group) is 1. The Bertz CT molecular complexity index is 1250. The average molecular weight is 507 g/mol. The van der Waals surface area contributed by atoms with E-state index in [1.54, 1.807) is 6.20 Å². The number of hydrogen-bond donors (Lipinski definition) is 2. The summed E-state index contributed by atoms with van der Waals surface area (Å²) in [5, 5.41) is 12.9. The van der Waals surface area contributed by atoms with Crippen LogP contribution >= 0.6 is 0 Å². The normalized spacial score (nSPS) is 21.9. The molecule has 5 heterocycles. The van der Waals surface area contributed by atoms with Crippen molar-refractivity contribution in [1.82, 2.24) is 29.3 Å². The molecule has 3 aromatic heterocycles. The topological polar surface area (TPSA) is 112 Å². The Hall–Kier alpha value is -3.28. The van der Waals surface area contributed by atoms with Crippen molar-refractivity contribution in [2.75, 3.05) is 69.8 Å². The van der Waals surface area contributed by atoms with Gasteiger partial charge in [-0.2, -0.15) is 4.98 Å². The number of hydrogen-bond acceptors (Lipinski definition) is 9. The first-order chi connectivity index (χ1) is 18.1. The molecule has 1 saturated carbocycles. The molecule has 6 rings (SSSR count). The molecular weight excluding hydrogens is 472 g/mol. The summed E-state index contributed by atoms with van der Waals surface area (Å²) in [5.74, 6) is 1.22. The molecule has 2 aliphatic heterocycles. The van der Waals surface area contributed by atoms with E-state index in [0.29, 0.717) is 30.7 Å². The van der Waals surface area contributed by atoms with Crippen LogP contribution in [0.25, 0.3) is 11.0 Å². The number of aliphatic hydroxyl groups excluding tert-OH is 1. The summed E-state index contributed by atoms with van der Waals surface area (Å²) < 4.78 is 7.52. The number of rotatable bonds is 8. The zero-order chi connectivity index (χ0) is 25.4. The molecule has 3 aliphatic rings. The van der Waals surface area contributed by atoms with Crippen LogP contribution in [0.4, 0.5) is 17.5 Å². The summed E-state index contributed by atoms with van der Waals surface area (Å²) in [6.45, 7) is 5.81. The first-order valence-electron chi connectivity index (χ1n) is 13.2. The van der Waals surface area contributed by atoms with E-state index < -0.39 is 0 Å². The first kappa shape index (κ1) is 24.1. The van der Waals surface area contributed by atoms with Gasteiger partial charge >= 0.3 is 0 Å². The molecule has 2 fully saturated rings. The van der Waals surface area contributed by atoms with Gasteiger partial charge in [-0.05, 0) is 37.5 Å². The monoisotopic (exact) mass is 506 g/mol. The van der Waals surface area contributed by atoms with E-state index in [-0.39, 0.29) is 24.6 Å². The summed E-state index contributed by atoms with van der Waals surface area (Å²) >= 11 is 0. The van der Waals surface area contributed by atoms with E-state index in [2.05, 4.69) is 35.7 Å². The summed E-state index contributed by atoms with van der Waals surface area (Å²) in [4.78, 5) is 33.5. The average Bonchev–Trinajstić information content (AvgIpc) is 3.56. The van der Waals surface area contributed by atoms with Crippen LogP contribution in [0.1, 0.15) is 35.8 Å². The van der Waals surface area contributed by atoms with Crippen molar-refractivity contribution in [2.24, 2.45) is 0 Å². The fourth-order valence-electron chi connectivity index (χ4n) is 5.93. The van der Waals surface area contributed by atoms with Crippen molar-refractivity contribution in [3.05, 3.63) is 36.3 Å². The molecule has 2 unspecified atom stereocenters. The van der Waals surface area contributed by atoms with Crippen molar-refractivity contribution in [3.63, 3.8) is 0 Å². The third-order valence-corrected chi connectivity index (χ3v) is 7.90. The van der Waals surface area contributed by atoms with Crippen LogP contribution in [0.2, 0.25) is 0 Å². The second-order valence-corrected chi connectivity index (χ2v) is 10.0. The predicted molar refractivity (Wildman–Crippen MR) is 140 cm³/mol. The molecule has 196 valence electrons. The summed E-state index contributed by atoms with van der Waals surface area (Å²) in [5.41, 5.74) is 2.60. The Balaban J connectivity index is 1.12. The zero-order valence-corrected chi connectivity index (χ0v) is 21.2. The number of carbonyl (C=O) groups excluding carboxylic acids is 1. The third-order valence-electron chi connectivity index (χ3n) is 7.90. The first-order valence-corrected chi connectivity index (χ1v) is 13.2. The number of aromatic nitrogens is 4. The van der Waals surface area contributed by atoms with Gasteiger partial charge in [0, 0.05) is 51.4 Å². The smallest absolute Gasteiger partial charge is 0.270 e. The third kappa shape index (κ3) is 4.62. The Morgan fingerprint density at radius 2 is 1.92 bits per heavy atom. The van der Waals surface area contributed by atoms with Crippen LogP contribution in [0.15, 0.2) is 30.6 Å². The molecule has 11 heteroatoms. The molecule has 0 bridgehead atoms. The summed E-state index contributed by atoms with van der Waals surface area (Å²) in [6, 6.07) is 6.45. The summed E-state index contributed by atoms with van der Waals surface area (Å²) in [6.07, 6.45) is 6.88. The largest absolute Gasteiger partial charge is 0.394 e. The van der Waals surface area contributed by atoms with Crippen molar-refractivity contribution in [3.8, 4) is 0 Å². The Morgan fingerprint density at radius 3 is 2.70 bits per heavy atom. The number of fused-ring (bicyclic) bond motifs is 5. The van der Waals surface area contributed by atoms with Crippen LogP contribution < -0.4 is 10.2 Å². The zero-order valence-electron chi connectivity index (χ0n) is 21.2. The molecule has 1 amide bonds. The van der Waals surface area contributed by atoms with Crippen LogP contribution in [-0.2, 0) is 4.74 Å².